The minimum Gasteiger partial charge on any atom is -0.493 e. The summed E-state index contributed by atoms with van der Waals surface area (Å²) in [5.41, 5.74) is 6.71. The van der Waals surface area contributed by atoms with Crippen molar-refractivity contribution in [1.29, 1.82) is 0 Å². The van der Waals surface area contributed by atoms with Crippen LogP contribution >= 0.6 is 43.2 Å². The Bertz CT molecular complexity index is 587. The molecule has 6 heteroatoms. The van der Waals surface area contributed by atoms with Gasteiger partial charge in [0.1, 0.15) is 6.61 Å². The summed E-state index contributed by atoms with van der Waals surface area (Å²) in [6.07, 6.45) is 0.813. The van der Waals surface area contributed by atoms with E-state index in [9.17, 15) is 0 Å². The molecule has 0 amide bonds. The molecule has 1 heterocycles. The Balaban J connectivity index is 2.17. The normalized spacial score (nSPS) is 10.6. The summed E-state index contributed by atoms with van der Waals surface area (Å²) < 4.78 is 13.2. The fourth-order valence-electron chi connectivity index (χ4n) is 1.80. The molecule has 2 rings (SSSR count). The first-order chi connectivity index (χ1) is 9.63. The smallest absolute Gasteiger partial charge is 0.175 e. The quantitative estimate of drug-likeness (QED) is 0.754. The number of nitrogens with two attached hydrogens (primary N) is 1. The van der Waals surface area contributed by atoms with Crippen LogP contribution in [0.2, 0.25) is 0 Å². The van der Waals surface area contributed by atoms with Gasteiger partial charge in [0, 0.05) is 14.7 Å². The van der Waals surface area contributed by atoms with Gasteiger partial charge in [-0.05, 0) is 68.6 Å². The van der Waals surface area contributed by atoms with Crippen molar-refractivity contribution < 1.29 is 9.47 Å². The van der Waals surface area contributed by atoms with Crippen molar-refractivity contribution in [3.05, 3.63) is 43.0 Å². The van der Waals surface area contributed by atoms with Crippen LogP contribution in [-0.4, -0.2) is 13.7 Å². The molecule has 0 radical (unpaired) electrons. The molecular weight excluding hydrogens is 406 g/mol. The Labute approximate surface area is 139 Å². The van der Waals surface area contributed by atoms with Crippen LogP contribution in [0.3, 0.4) is 0 Å². The standard InChI is InChI=1S/C14H15Br2NO2S/c1-18-13-5-9(2-3-17)4-12(16)14(13)19-7-11-6-10(15)8-20-11/h4-6,8H,2-3,7,17H2,1H3. The average molecular weight is 421 g/mol. The number of hydrogen-bond acceptors (Lipinski definition) is 4. The second-order valence-electron chi connectivity index (χ2n) is 4.17. The molecule has 2 N–H and O–H groups in total. The third-order valence-electron chi connectivity index (χ3n) is 2.70. The van der Waals surface area contributed by atoms with Crippen LogP contribution in [0.25, 0.3) is 0 Å². The number of halogens is 2. The molecule has 0 unspecified atom stereocenters. The first-order valence-corrected chi connectivity index (χ1v) is 8.52. The van der Waals surface area contributed by atoms with E-state index in [0.29, 0.717) is 13.2 Å². The van der Waals surface area contributed by atoms with E-state index in [4.69, 9.17) is 15.2 Å². The summed E-state index contributed by atoms with van der Waals surface area (Å²) in [7, 11) is 1.64. The molecule has 108 valence electrons. The Morgan fingerprint density at radius 3 is 2.65 bits per heavy atom. The van der Waals surface area contributed by atoms with Gasteiger partial charge >= 0.3 is 0 Å². The predicted octanol–water partition coefficient (Wildman–Crippen LogP) is 4.36. The maximum Gasteiger partial charge on any atom is 0.175 e. The summed E-state index contributed by atoms with van der Waals surface area (Å²) in [6.45, 7) is 1.13. The first kappa shape index (κ1) is 15.8. The number of thiophene rings is 1. The monoisotopic (exact) mass is 419 g/mol. The van der Waals surface area contributed by atoms with Gasteiger partial charge in [-0.15, -0.1) is 11.3 Å². The molecule has 0 fully saturated rings. The van der Waals surface area contributed by atoms with E-state index < -0.39 is 0 Å². The second-order valence-corrected chi connectivity index (χ2v) is 6.93. The van der Waals surface area contributed by atoms with Crippen LogP contribution in [-0.2, 0) is 13.0 Å². The summed E-state index contributed by atoms with van der Waals surface area (Å²) >= 11 is 8.63. The molecule has 0 aliphatic carbocycles. The molecule has 0 bridgehead atoms. The summed E-state index contributed by atoms with van der Waals surface area (Å²) in [4.78, 5) is 1.15. The summed E-state index contributed by atoms with van der Waals surface area (Å²) in [5.74, 6) is 1.44. The fourth-order valence-corrected chi connectivity index (χ4v) is 3.76. The molecule has 0 aliphatic heterocycles. The Kier molecular flexibility index (Phi) is 5.89. The van der Waals surface area contributed by atoms with Gasteiger partial charge in [0.25, 0.3) is 0 Å². The molecule has 0 aliphatic rings. The highest BCUT2D eigenvalue weighted by atomic mass is 79.9. The van der Waals surface area contributed by atoms with Crippen LogP contribution in [0.15, 0.2) is 32.5 Å². The van der Waals surface area contributed by atoms with E-state index in [0.717, 1.165) is 37.3 Å². The third kappa shape index (κ3) is 3.97. The van der Waals surface area contributed by atoms with Crippen molar-refractivity contribution >= 4 is 43.2 Å². The number of methoxy groups -OCH3 is 1. The van der Waals surface area contributed by atoms with Crippen LogP contribution in [0.5, 0.6) is 11.5 Å². The third-order valence-corrected chi connectivity index (χ3v) is 4.96. The van der Waals surface area contributed by atoms with Crippen molar-refractivity contribution in [1.82, 2.24) is 0 Å². The maximum absolute atomic E-state index is 5.88. The van der Waals surface area contributed by atoms with E-state index in [2.05, 4.69) is 31.9 Å². The largest absolute Gasteiger partial charge is 0.493 e. The van der Waals surface area contributed by atoms with Gasteiger partial charge in [-0.2, -0.15) is 0 Å². The Hall–Kier alpha value is -0.560. The molecule has 0 spiro atoms. The molecular formula is C14H15Br2NO2S. The number of ether oxygens (including phenoxy) is 2. The van der Waals surface area contributed by atoms with Crippen molar-refractivity contribution in [3.8, 4) is 11.5 Å². The van der Waals surface area contributed by atoms with E-state index in [1.807, 2.05) is 23.6 Å². The lowest BCUT2D eigenvalue weighted by Gasteiger charge is -2.13. The van der Waals surface area contributed by atoms with Crippen molar-refractivity contribution in [2.24, 2.45) is 5.73 Å². The van der Waals surface area contributed by atoms with Gasteiger partial charge in [-0.3, -0.25) is 0 Å². The second kappa shape index (κ2) is 7.45. The number of rotatable bonds is 6. The zero-order chi connectivity index (χ0) is 14.5. The van der Waals surface area contributed by atoms with Gasteiger partial charge in [0.05, 0.1) is 11.6 Å². The van der Waals surface area contributed by atoms with Crippen LogP contribution in [0, 0.1) is 0 Å². The lowest BCUT2D eigenvalue weighted by atomic mass is 10.1. The number of benzene rings is 1. The van der Waals surface area contributed by atoms with Crippen molar-refractivity contribution in [2.75, 3.05) is 13.7 Å². The Morgan fingerprint density at radius 1 is 1.25 bits per heavy atom. The van der Waals surface area contributed by atoms with E-state index >= 15 is 0 Å². The van der Waals surface area contributed by atoms with Crippen LogP contribution in [0.1, 0.15) is 10.4 Å². The van der Waals surface area contributed by atoms with Gasteiger partial charge < -0.3 is 15.2 Å². The van der Waals surface area contributed by atoms with Crippen LogP contribution in [0.4, 0.5) is 0 Å². The Morgan fingerprint density at radius 2 is 2.05 bits per heavy atom. The highest BCUT2D eigenvalue weighted by molar-refractivity contribution is 9.10. The topological polar surface area (TPSA) is 44.5 Å². The molecule has 0 atom stereocenters. The lowest BCUT2D eigenvalue weighted by Crippen LogP contribution is -2.04. The molecule has 1 aromatic carbocycles. The number of hydrogen-bond donors (Lipinski definition) is 1. The minimum absolute atomic E-state index is 0.515. The SMILES string of the molecule is COc1cc(CCN)cc(Br)c1OCc1cc(Br)cs1. The maximum atomic E-state index is 5.88. The lowest BCUT2D eigenvalue weighted by molar-refractivity contribution is 0.285. The van der Waals surface area contributed by atoms with Gasteiger partial charge in [0.15, 0.2) is 11.5 Å². The van der Waals surface area contributed by atoms with Gasteiger partial charge in [-0.1, -0.05) is 0 Å². The minimum atomic E-state index is 0.515. The average Bonchev–Trinajstić information content (AvgIpc) is 2.83. The summed E-state index contributed by atoms with van der Waals surface area (Å²) in [5, 5.41) is 2.04. The highest BCUT2D eigenvalue weighted by Crippen LogP contribution is 2.37. The van der Waals surface area contributed by atoms with Crippen LogP contribution < -0.4 is 15.2 Å². The molecule has 2 aromatic rings. The van der Waals surface area contributed by atoms with Crippen molar-refractivity contribution in [3.63, 3.8) is 0 Å². The molecule has 0 saturated carbocycles. The van der Waals surface area contributed by atoms with E-state index in [1.54, 1.807) is 18.4 Å². The highest BCUT2D eigenvalue weighted by Gasteiger charge is 2.12. The molecule has 0 saturated heterocycles. The molecule has 1 aromatic heterocycles. The van der Waals surface area contributed by atoms with E-state index in [1.165, 1.54) is 0 Å². The fraction of sp³-hybridized carbons (Fsp3) is 0.286. The molecule has 3 nitrogen and oxygen atoms in total. The molecule has 20 heavy (non-hydrogen) atoms. The van der Waals surface area contributed by atoms with E-state index in [-0.39, 0.29) is 0 Å². The van der Waals surface area contributed by atoms with Gasteiger partial charge in [-0.25, -0.2) is 0 Å². The van der Waals surface area contributed by atoms with Gasteiger partial charge in [0.2, 0.25) is 0 Å². The predicted molar refractivity (Wildman–Crippen MR) is 89.8 cm³/mol. The first-order valence-electron chi connectivity index (χ1n) is 6.06. The van der Waals surface area contributed by atoms with Crippen molar-refractivity contribution in [2.45, 2.75) is 13.0 Å². The zero-order valence-electron chi connectivity index (χ0n) is 11.0. The zero-order valence-corrected chi connectivity index (χ0v) is 15.0. The summed E-state index contributed by atoms with van der Waals surface area (Å²) in [6, 6.07) is 6.04.